The van der Waals surface area contributed by atoms with Crippen LogP contribution < -0.4 is 5.43 Å². The minimum absolute atomic E-state index is 0.184. The van der Waals surface area contributed by atoms with Crippen molar-refractivity contribution in [2.24, 2.45) is 11.0 Å². The van der Waals surface area contributed by atoms with Crippen molar-refractivity contribution in [2.75, 3.05) is 0 Å². The Bertz CT molecular complexity index is 611. The number of nitrogens with one attached hydrogen (secondary N) is 2. The molecule has 0 saturated carbocycles. The second kappa shape index (κ2) is 5.69. The van der Waals surface area contributed by atoms with Gasteiger partial charge in [0.15, 0.2) is 0 Å². The Morgan fingerprint density at radius 1 is 1.37 bits per heavy atom. The molecule has 1 aromatic heterocycles. The maximum Gasteiger partial charge on any atom is 0.273 e. The van der Waals surface area contributed by atoms with Crippen LogP contribution in [0.25, 0.3) is 10.9 Å². The summed E-state index contributed by atoms with van der Waals surface area (Å²) in [6.45, 7) is 6.18. The summed E-state index contributed by atoms with van der Waals surface area (Å²) in [5.74, 6) is 0.351. The van der Waals surface area contributed by atoms with Gasteiger partial charge in [-0.15, -0.1) is 0 Å². The van der Waals surface area contributed by atoms with E-state index in [2.05, 4.69) is 29.4 Å². The molecule has 2 aromatic rings. The summed E-state index contributed by atoms with van der Waals surface area (Å²) in [6.07, 6.45) is 2.71. The fourth-order valence-corrected chi connectivity index (χ4v) is 2.12. The second-order valence-electron chi connectivity index (χ2n) is 5.13. The maximum atomic E-state index is 12.1. The van der Waals surface area contributed by atoms with Gasteiger partial charge in [0.05, 0.1) is 11.1 Å². The number of benzene rings is 1. The van der Waals surface area contributed by atoms with Crippen LogP contribution in [0.4, 0.5) is 0 Å². The van der Waals surface area contributed by atoms with Crippen LogP contribution in [0, 0.1) is 5.92 Å². The highest BCUT2D eigenvalue weighted by molar-refractivity contribution is 6.05. The first kappa shape index (κ1) is 13.3. The van der Waals surface area contributed by atoms with E-state index >= 15 is 0 Å². The molecule has 2 N–H and O–H groups in total. The number of nitrogens with zero attached hydrogens (tertiary/aromatic N) is 1. The largest absolute Gasteiger partial charge is 0.361 e. The average molecular weight is 257 g/mol. The molecule has 2 rings (SSSR count). The number of carbonyl (C=O) groups excluding carboxylic acids is 1. The number of hydrazone groups is 1. The predicted octanol–water partition coefficient (Wildman–Crippen LogP) is 3.32. The highest BCUT2D eigenvalue weighted by atomic mass is 16.2. The van der Waals surface area contributed by atoms with Gasteiger partial charge in [0, 0.05) is 17.3 Å². The van der Waals surface area contributed by atoms with Gasteiger partial charge in [-0.2, -0.15) is 5.10 Å². The van der Waals surface area contributed by atoms with Crippen molar-refractivity contribution in [3.8, 4) is 0 Å². The summed E-state index contributed by atoms with van der Waals surface area (Å²) in [4.78, 5) is 15.2. The van der Waals surface area contributed by atoms with E-state index in [1.807, 2.05) is 31.3 Å². The van der Waals surface area contributed by atoms with Crippen molar-refractivity contribution in [1.82, 2.24) is 10.4 Å². The summed E-state index contributed by atoms with van der Waals surface area (Å²) in [6, 6.07) is 7.58. The minimum atomic E-state index is -0.184. The Labute approximate surface area is 112 Å². The SMILES string of the molecule is CC(CC(C)C)=NNC(=O)c1cccc2cc[nH]c12. The van der Waals surface area contributed by atoms with Gasteiger partial charge in [-0.05, 0) is 31.4 Å². The highest BCUT2D eigenvalue weighted by Gasteiger charge is 2.09. The number of fused-ring (bicyclic) bond motifs is 1. The fraction of sp³-hybridized carbons (Fsp3) is 0.333. The van der Waals surface area contributed by atoms with Crippen molar-refractivity contribution >= 4 is 22.5 Å². The molecule has 4 nitrogen and oxygen atoms in total. The molecule has 0 bridgehead atoms. The monoisotopic (exact) mass is 257 g/mol. The molecule has 1 heterocycles. The Balaban J connectivity index is 2.14. The quantitative estimate of drug-likeness (QED) is 0.640. The first-order chi connectivity index (χ1) is 9.08. The summed E-state index contributed by atoms with van der Waals surface area (Å²) in [5.41, 5.74) is 5.01. The normalized spacial score (nSPS) is 12.1. The summed E-state index contributed by atoms with van der Waals surface area (Å²) in [5, 5.41) is 5.16. The lowest BCUT2D eigenvalue weighted by Gasteiger charge is -2.05. The van der Waals surface area contributed by atoms with E-state index in [1.54, 1.807) is 6.07 Å². The molecule has 0 atom stereocenters. The third-order valence-corrected chi connectivity index (χ3v) is 2.88. The van der Waals surface area contributed by atoms with Gasteiger partial charge in [-0.3, -0.25) is 4.79 Å². The summed E-state index contributed by atoms with van der Waals surface area (Å²) >= 11 is 0. The molecule has 0 aliphatic carbocycles. The van der Waals surface area contributed by atoms with Crippen LogP contribution in [0.15, 0.2) is 35.6 Å². The first-order valence-electron chi connectivity index (χ1n) is 6.47. The van der Waals surface area contributed by atoms with E-state index < -0.39 is 0 Å². The van der Waals surface area contributed by atoms with Crippen molar-refractivity contribution in [3.05, 3.63) is 36.0 Å². The van der Waals surface area contributed by atoms with E-state index in [-0.39, 0.29) is 5.91 Å². The molecule has 0 aliphatic rings. The van der Waals surface area contributed by atoms with Crippen molar-refractivity contribution in [2.45, 2.75) is 27.2 Å². The third-order valence-electron chi connectivity index (χ3n) is 2.88. The molecular weight excluding hydrogens is 238 g/mol. The number of hydrogen-bond donors (Lipinski definition) is 2. The molecule has 0 unspecified atom stereocenters. The molecule has 4 heteroatoms. The molecule has 0 radical (unpaired) electrons. The number of aromatic nitrogens is 1. The summed E-state index contributed by atoms with van der Waals surface area (Å²) < 4.78 is 0. The van der Waals surface area contributed by atoms with Gasteiger partial charge < -0.3 is 4.98 Å². The molecule has 19 heavy (non-hydrogen) atoms. The predicted molar refractivity (Wildman–Crippen MR) is 78.3 cm³/mol. The lowest BCUT2D eigenvalue weighted by Crippen LogP contribution is -2.19. The standard InChI is InChI=1S/C15H19N3O/c1-10(2)9-11(3)17-18-15(19)13-6-4-5-12-7-8-16-14(12)13/h4-8,10,16H,9H2,1-3H3,(H,18,19). The van der Waals surface area contributed by atoms with Gasteiger partial charge in [-0.1, -0.05) is 26.0 Å². The zero-order chi connectivity index (χ0) is 13.8. The number of rotatable bonds is 4. The van der Waals surface area contributed by atoms with Crippen LogP contribution in [0.3, 0.4) is 0 Å². The average Bonchev–Trinajstić information content (AvgIpc) is 2.83. The smallest absolute Gasteiger partial charge is 0.273 e. The molecule has 100 valence electrons. The zero-order valence-electron chi connectivity index (χ0n) is 11.5. The maximum absolute atomic E-state index is 12.1. The van der Waals surface area contributed by atoms with Crippen LogP contribution >= 0.6 is 0 Å². The van der Waals surface area contributed by atoms with Gasteiger partial charge in [-0.25, -0.2) is 5.43 Å². The van der Waals surface area contributed by atoms with Gasteiger partial charge in [0.1, 0.15) is 0 Å². The molecule has 1 aromatic carbocycles. The zero-order valence-corrected chi connectivity index (χ0v) is 11.5. The van der Waals surface area contributed by atoms with E-state index in [0.717, 1.165) is 23.0 Å². The third kappa shape index (κ3) is 3.22. The van der Waals surface area contributed by atoms with Crippen molar-refractivity contribution in [3.63, 3.8) is 0 Å². The van der Waals surface area contributed by atoms with Gasteiger partial charge in [0.25, 0.3) is 5.91 Å². The topological polar surface area (TPSA) is 57.2 Å². The number of para-hydroxylation sites is 1. The molecule has 0 saturated heterocycles. The van der Waals surface area contributed by atoms with Crippen LogP contribution in [0.2, 0.25) is 0 Å². The van der Waals surface area contributed by atoms with Crippen LogP contribution in [0.5, 0.6) is 0 Å². The molecule has 0 spiro atoms. The first-order valence-corrected chi connectivity index (χ1v) is 6.47. The Hall–Kier alpha value is -2.10. The number of carbonyl (C=O) groups is 1. The van der Waals surface area contributed by atoms with Crippen LogP contribution in [0.1, 0.15) is 37.6 Å². The molecule has 0 aliphatic heterocycles. The summed E-state index contributed by atoms with van der Waals surface area (Å²) in [7, 11) is 0. The molecular formula is C15H19N3O. The number of H-pyrrole nitrogens is 1. The van der Waals surface area contributed by atoms with E-state index in [1.165, 1.54) is 0 Å². The number of hydrogen-bond acceptors (Lipinski definition) is 2. The second-order valence-corrected chi connectivity index (χ2v) is 5.13. The Kier molecular flexibility index (Phi) is 4.00. The van der Waals surface area contributed by atoms with Gasteiger partial charge >= 0.3 is 0 Å². The van der Waals surface area contributed by atoms with E-state index in [0.29, 0.717) is 11.5 Å². The Morgan fingerprint density at radius 2 is 2.16 bits per heavy atom. The van der Waals surface area contributed by atoms with Crippen LogP contribution in [-0.2, 0) is 0 Å². The molecule has 0 fully saturated rings. The lowest BCUT2D eigenvalue weighted by molar-refractivity contribution is 0.0956. The Morgan fingerprint density at radius 3 is 2.89 bits per heavy atom. The van der Waals surface area contributed by atoms with Crippen molar-refractivity contribution < 1.29 is 4.79 Å². The molecule has 1 amide bonds. The lowest BCUT2D eigenvalue weighted by atomic mass is 10.1. The number of amides is 1. The highest BCUT2D eigenvalue weighted by Crippen LogP contribution is 2.16. The van der Waals surface area contributed by atoms with Crippen molar-refractivity contribution in [1.29, 1.82) is 0 Å². The fourth-order valence-electron chi connectivity index (χ4n) is 2.12. The van der Waals surface area contributed by atoms with E-state index in [4.69, 9.17) is 0 Å². The van der Waals surface area contributed by atoms with Gasteiger partial charge in [0.2, 0.25) is 0 Å². The van der Waals surface area contributed by atoms with Crippen LogP contribution in [-0.4, -0.2) is 16.6 Å². The van der Waals surface area contributed by atoms with E-state index in [9.17, 15) is 4.79 Å². The minimum Gasteiger partial charge on any atom is -0.361 e. The number of aromatic amines is 1.